The van der Waals surface area contributed by atoms with Crippen LogP contribution in [0.25, 0.3) is 0 Å². The summed E-state index contributed by atoms with van der Waals surface area (Å²) in [5.41, 5.74) is 6.35. The van der Waals surface area contributed by atoms with Crippen LogP contribution in [0.1, 0.15) is 28.7 Å². The lowest BCUT2D eigenvalue weighted by molar-refractivity contribution is 0.402. The summed E-state index contributed by atoms with van der Waals surface area (Å²) < 4.78 is 0. The normalized spacial score (nSPS) is 10.7. The number of nitriles is 1. The van der Waals surface area contributed by atoms with Crippen molar-refractivity contribution in [2.45, 2.75) is 33.4 Å². The van der Waals surface area contributed by atoms with Crippen LogP contribution in [0.3, 0.4) is 0 Å². The van der Waals surface area contributed by atoms with Gasteiger partial charge in [0.05, 0.1) is 12.5 Å². The van der Waals surface area contributed by atoms with Gasteiger partial charge in [-0.3, -0.25) is 0 Å². The Bertz CT molecular complexity index is 696. The van der Waals surface area contributed by atoms with E-state index in [9.17, 15) is 0 Å². The molecule has 2 rings (SSSR count). The molecule has 3 nitrogen and oxygen atoms in total. The Morgan fingerprint density at radius 2 is 1.58 bits per heavy atom. The fraction of sp³-hybridized carbons (Fsp3) is 0.381. The number of hydrogen-bond donors (Lipinski definition) is 0. The first-order valence-electron chi connectivity index (χ1n) is 8.41. The average Bonchev–Trinajstić information content (AvgIpc) is 2.53. The van der Waals surface area contributed by atoms with E-state index >= 15 is 0 Å². The summed E-state index contributed by atoms with van der Waals surface area (Å²) in [6.07, 6.45) is 0.529. The standard InChI is InChI=1S/C21H27N3/c1-17-6-9-19(10-7-17)15-24(13-5-12-22)21-11-8-18(2)14-20(21)16-23(3)4/h6-11,14H,5,13,15-16H2,1-4H3. The fourth-order valence-electron chi connectivity index (χ4n) is 2.87. The van der Waals surface area contributed by atoms with Crippen LogP contribution in [0.5, 0.6) is 0 Å². The molecule has 0 amide bonds. The van der Waals surface area contributed by atoms with Gasteiger partial charge in [0.15, 0.2) is 0 Å². The van der Waals surface area contributed by atoms with E-state index in [2.05, 4.69) is 86.3 Å². The molecular weight excluding hydrogens is 294 g/mol. The third-order valence-corrected chi connectivity index (χ3v) is 4.05. The van der Waals surface area contributed by atoms with E-state index in [0.29, 0.717) is 6.42 Å². The number of aryl methyl sites for hydroxylation is 2. The molecule has 0 saturated carbocycles. The van der Waals surface area contributed by atoms with Crippen molar-refractivity contribution in [1.82, 2.24) is 4.90 Å². The summed E-state index contributed by atoms with van der Waals surface area (Å²) in [6, 6.07) is 17.5. The minimum atomic E-state index is 0.529. The molecule has 0 radical (unpaired) electrons. The molecule has 0 saturated heterocycles. The molecule has 3 heteroatoms. The van der Waals surface area contributed by atoms with E-state index in [1.54, 1.807) is 0 Å². The summed E-state index contributed by atoms with van der Waals surface area (Å²) >= 11 is 0. The first-order chi connectivity index (χ1) is 11.5. The van der Waals surface area contributed by atoms with Gasteiger partial charge < -0.3 is 9.80 Å². The molecule has 2 aromatic rings. The zero-order valence-electron chi connectivity index (χ0n) is 15.2. The molecule has 0 aliphatic heterocycles. The number of rotatable bonds is 7. The summed E-state index contributed by atoms with van der Waals surface area (Å²) in [7, 11) is 4.18. The number of hydrogen-bond acceptors (Lipinski definition) is 3. The second-order valence-corrected chi connectivity index (χ2v) is 6.69. The lowest BCUT2D eigenvalue weighted by Crippen LogP contribution is -2.26. The van der Waals surface area contributed by atoms with Crippen LogP contribution >= 0.6 is 0 Å². The largest absolute Gasteiger partial charge is 0.366 e. The van der Waals surface area contributed by atoms with E-state index in [1.165, 1.54) is 27.9 Å². The molecule has 24 heavy (non-hydrogen) atoms. The van der Waals surface area contributed by atoms with Crippen molar-refractivity contribution < 1.29 is 0 Å². The Kier molecular flexibility index (Phi) is 6.40. The quantitative estimate of drug-likeness (QED) is 0.762. The minimum absolute atomic E-state index is 0.529. The van der Waals surface area contributed by atoms with Gasteiger partial charge in [-0.2, -0.15) is 5.26 Å². The third-order valence-electron chi connectivity index (χ3n) is 4.05. The average molecular weight is 321 g/mol. The predicted octanol–water partition coefficient (Wildman–Crippen LogP) is 4.29. The molecule has 0 atom stereocenters. The maximum atomic E-state index is 9.04. The summed E-state index contributed by atoms with van der Waals surface area (Å²) in [6.45, 7) is 6.70. The van der Waals surface area contributed by atoms with Gasteiger partial charge in [0.25, 0.3) is 0 Å². The van der Waals surface area contributed by atoms with E-state index < -0.39 is 0 Å². The summed E-state index contributed by atoms with van der Waals surface area (Å²) in [5.74, 6) is 0. The van der Waals surface area contributed by atoms with Crippen LogP contribution < -0.4 is 4.90 Å². The van der Waals surface area contributed by atoms with E-state index in [-0.39, 0.29) is 0 Å². The van der Waals surface area contributed by atoms with Gasteiger partial charge in [-0.15, -0.1) is 0 Å². The molecule has 0 fully saturated rings. The Morgan fingerprint density at radius 3 is 2.21 bits per heavy atom. The Hall–Kier alpha value is -2.31. The molecule has 0 aromatic heterocycles. The van der Waals surface area contributed by atoms with E-state index in [0.717, 1.165) is 19.6 Å². The minimum Gasteiger partial charge on any atom is -0.366 e. The van der Waals surface area contributed by atoms with E-state index in [1.807, 2.05) is 0 Å². The highest BCUT2D eigenvalue weighted by Crippen LogP contribution is 2.25. The molecule has 0 aliphatic rings. The van der Waals surface area contributed by atoms with Crippen LogP contribution in [0, 0.1) is 25.2 Å². The lowest BCUT2D eigenvalue weighted by atomic mass is 10.1. The van der Waals surface area contributed by atoms with Crippen LogP contribution in [0.2, 0.25) is 0 Å². The Balaban J connectivity index is 2.33. The van der Waals surface area contributed by atoms with Crippen LogP contribution in [0.4, 0.5) is 5.69 Å². The van der Waals surface area contributed by atoms with Crippen LogP contribution in [-0.2, 0) is 13.1 Å². The van der Waals surface area contributed by atoms with Crippen molar-refractivity contribution in [2.24, 2.45) is 0 Å². The van der Waals surface area contributed by atoms with Gasteiger partial charge in [0.2, 0.25) is 0 Å². The first-order valence-corrected chi connectivity index (χ1v) is 8.41. The van der Waals surface area contributed by atoms with Gasteiger partial charge in [0, 0.05) is 25.3 Å². The second kappa shape index (κ2) is 8.52. The summed E-state index contributed by atoms with van der Waals surface area (Å²) in [5, 5.41) is 9.04. The SMILES string of the molecule is Cc1ccc(CN(CCC#N)c2ccc(C)cc2CN(C)C)cc1. The van der Waals surface area contributed by atoms with Crippen molar-refractivity contribution in [1.29, 1.82) is 5.26 Å². The van der Waals surface area contributed by atoms with E-state index in [4.69, 9.17) is 5.26 Å². The molecule has 0 bridgehead atoms. The van der Waals surface area contributed by atoms with Gasteiger partial charge in [0.1, 0.15) is 0 Å². The predicted molar refractivity (Wildman–Crippen MR) is 101 cm³/mol. The smallest absolute Gasteiger partial charge is 0.0640 e. The number of benzene rings is 2. The zero-order chi connectivity index (χ0) is 17.5. The third kappa shape index (κ3) is 5.11. The summed E-state index contributed by atoms with van der Waals surface area (Å²) in [4.78, 5) is 4.51. The molecular formula is C21H27N3. The van der Waals surface area contributed by atoms with Crippen molar-refractivity contribution in [2.75, 3.05) is 25.5 Å². The van der Waals surface area contributed by atoms with Crippen molar-refractivity contribution >= 4 is 5.69 Å². The van der Waals surface area contributed by atoms with Crippen molar-refractivity contribution in [3.8, 4) is 6.07 Å². The van der Waals surface area contributed by atoms with Gasteiger partial charge in [-0.05, 0) is 45.1 Å². The lowest BCUT2D eigenvalue weighted by Gasteiger charge is -2.28. The maximum absolute atomic E-state index is 9.04. The van der Waals surface area contributed by atoms with Gasteiger partial charge in [-0.25, -0.2) is 0 Å². The van der Waals surface area contributed by atoms with Crippen molar-refractivity contribution in [3.63, 3.8) is 0 Å². The van der Waals surface area contributed by atoms with Gasteiger partial charge in [-0.1, -0.05) is 47.5 Å². The molecule has 0 heterocycles. The second-order valence-electron chi connectivity index (χ2n) is 6.69. The monoisotopic (exact) mass is 321 g/mol. The zero-order valence-corrected chi connectivity index (χ0v) is 15.2. The molecule has 0 unspecified atom stereocenters. The first kappa shape index (κ1) is 18.0. The van der Waals surface area contributed by atoms with Crippen molar-refractivity contribution in [3.05, 3.63) is 64.7 Å². The molecule has 2 aromatic carbocycles. The topological polar surface area (TPSA) is 30.3 Å². The van der Waals surface area contributed by atoms with Crippen LogP contribution in [0.15, 0.2) is 42.5 Å². The molecule has 0 N–H and O–H groups in total. The fourth-order valence-corrected chi connectivity index (χ4v) is 2.87. The Morgan fingerprint density at radius 1 is 0.917 bits per heavy atom. The number of anilines is 1. The highest BCUT2D eigenvalue weighted by atomic mass is 15.1. The highest BCUT2D eigenvalue weighted by Gasteiger charge is 2.13. The Labute approximate surface area is 146 Å². The molecule has 0 spiro atoms. The highest BCUT2D eigenvalue weighted by molar-refractivity contribution is 5.55. The molecule has 0 aliphatic carbocycles. The maximum Gasteiger partial charge on any atom is 0.0640 e. The van der Waals surface area contributed by atoms with Gasteiger partial charge >= 0.3 is 0 Å². The van der Waals surface area contributed by atoms with Crippen LogP contribution in [-0.4, -0.2) is 25.5 Å². The number of nitrogens with zero attached hydrogens (tertiary/aromatic N) is 3. The molecule has 126 valence electrons.